The van der Waals surface area contributed by atoms with Gasteiger partial charge in [0, 0.05) is 25.0 Å². The van der Waals surface area contributed by atoms with Crippen molar-refractivity contribution >= 4 is 46.3 Å². The molecule has 4 heteroatoms. The van der Waals surface area contributed by atoms with Crippen LogP contribution in [0.3, 0.4) is 0 Å². The van der Waals surface area contributed by atoms with E-state index < -0.39 is 8.80 Å². The van der Waals surface area contributed by atoms with E-state index >= 15 is 0 Å². The molecule has 0 fully saturated rings. The molecule has 0 unspecified atom stereocenters. The van der Waals surface area contributed by atoms with E-state index in [4.69, 9.17) is 13.3 Å². The Morgan fingerprint density at radius 3 is 1.62 bits per heavy atom. The molecule has 0 amide bonds. The van der Waals surface area contributed by atoms with Crippen LogP contribution in [0.15, 0.2) is 54.6 Å². The molecule has 0 aliphatic heterocycles. The lowest BCUT2D eigenvalue weighted by Gasteiger charge is -2.31. The number of benzene rings is 4. The molecular weight excluding hydrogens is 376 g/mol. The summed E-state index contributed by atoms with van der Waals surface area (Å²) in [6.07, 6.45) is 2.81. The quantitative estimate of drug-likeness (QED) is 0.238. The van der Waals surface area contributed by atoms with Crippen LogP contribution in [0.5, 0.6) is 0 Å². The zero-order valence-corrected chi connectivity index (χ0v) is 18.7. The molecule has 0 aliphatic rings. The molecule has 0 aliphatic carbocycles. The minimum atomic E-state index is -3.03. The van der Waals surface area contributed by atoms with Gasteiger partial charge in [-0.2, -0.15) is 0 Å². The van der Waals surface area contributed by atoms with E-state index in [0.717, 1.165) is 24.4 Å². The molecule has 0 aromatic heterocycles. The van der Waals surface area contributed by atoms with E-state index in [1.807, 2.05) is 0 Å². The third kappa shape index (κ3) is 3.66. The summed E-state index contributed by atoms with van der Waals surface area (Å²) < 4.78 is 19.4. The van der Waals surface area contributed by atoms with Gasteiger partial charge in [-0.3, -0.25) is 0 Å². The Morgan fingerprint density at radius 1 is 0.586 bits per heavy atom. The highest BCUT2D eigenvalue weighted by molar-refractivity contribution is 6.78. The fourth-order valence-corrected chi connectivity index (χ4v) is 7.03. The van der Waals surface area contributed by atoms with Crippen LogP contribution in [0, 0.1) is 0 Å². The topological polar surface area (TPSA) is 27.7 Å². The third-order valence-corrected chi connectivity index (χ3v) is 8.20. The van der Waals surface area contributed by atoms with Gasteiger partial charge in [0.1, 0.15) is 0 Å². The average molecular weight is 407 g/mol. The second-order valence-corrected chi connectivity index (χ2v) is 10.1. The van der Waals surface area contributed by atoms with Crippen molar-refractivity contribution in [3.8, 4) is 0 Å². The summed E-state index contributed by atoms with van der Waals surface area (Å²) in [5.41, 5.74) is 0. The Balaban J connectivity index is 1.98. The van der Waals surface area contributed by atoms with Crippen LogP contribution in [0.2, 0.25) is 0 Å². The standard InChI is InChI=1S/C25H30O3Si/c1-4-16-26-29(27-17-5-2,28-18-6-3)23-15-13-21-11-10-19-8-7-9-20-12-14-22(23)25(21)24(19)20/h7-15H,4-6,16-18H2,1-3H3. The van der Waals surface area contributed by atoms with Gasteiger partial charge >= 0.3 is 8.80 Å². The van der Waals surface area contributed by atoms with Crippen LogP contribution in [-0.4, -0.2) is 28.6 Å². The van der Waals surface area contributed by atoms with Crippen molar-refractivity contribution in [2.75, 3.05) is 19.8 Å². The summed E-state index contributed by atoms with van der Waals surface area (Å²) in [6.45, 7) is 8.31. The smallest absolute Gasteiger partial charge is 0.370 e. The number of hydrogen-bond donors (Lipinski definition) is 0. The van der Waals surface area contributed by atoms with Crippen LogP contribution < -0.4 is 5.19 Å². The van der Waals surface area contributed by atoms with Crippen LogP contribution in [0.4, 0.5) is 0 Å². The van der Waals surface area contributed by atoms with Gasteiger partial charge in [0.15, 0.2) is 0 Å². The summed E-state index contributed by atoms with van der Waals surface area (Å²) in [5, 5.41) is 8.67. The van der Waals surface area contributed by atoms with E-state index in [9.17, 15) is 0 Å². The van der Waals surface area contributed by atoms with Crippen LogP contribution >= 0.6 is 0 Å². The first kappa shape index (κ1) is 20.3. The lowest BCUT2D eigenvalue weighted by molar-refractivity contribution is 0.0735. The van der Waals surface area contributed by atoms with E-state index in [0.29, 0.717) is 19.8 Å². The van der Waals surface area contributed by atoms with Crippen molar-refractivity contribution in [2.24, 2.45) is 0 Å². The average Bonchev–Trinajstić information content (AvgIpc) is 2.77. The summed E-state index contributed by atoms with van der Waals surface area (Å²) in [7, 11) is -3.03. The Labute approximate surface area is 174 Å². The molecule has 0 atom stereocenters. The van der Waals surface area contributed by atoms with Crippen molar-refractivity contribution in [3.63, 3.8) is 0 Å². The largest absolute Gasteiger partial charge is 0.537 e. The maximum atomic E-state index is 6.45. The maximum Gasteiger partial charge on any atom is 0.537 e. The first-order valence-corrected chi connectivity index (χ1v) is 12.6. The van der Waals surface area contributed by atoms with Gasteiger partial charge in [-0.25, -0.2) is 0 Å². The van der Waals surface area contributed by atoms with Crippen LogP contribution in [-0.2, 0) is 13.3 Å². The molecule has 0 heterocycles. The molecule has 0 N–H and O–H groups in total. The molecule has 4 rings (SSSR count). The normalized spacial score (nSPS) is 12.5. The van der Waals surface area contributed by atoms with E-state index in [-0.39, 0.29) is 0 Å². The summed E-state index contributed by atoms with van der Waals surface area (Å²) in [6, 6.07) is 19.7. The number of rotatable bonds is 10. The fourth-order valence-electron chi connectivity index (χ4n) is 4.07. The molecule has 29 heavy (non-hydrogen) atoms. The maximum absolute atomic E-state index is 6.45. The lowest BCUT2D eigenvalue weighted by atomic mass is 9.94. The van der Waals surface area contributed by atoms with Crippen LogP contribution in [0.25, 0.3) is 32.3 Å². The third-order valence-electron chi connectivity index (χ3n) is 5.35. The molecule has 0 bridgehead atoms. The minimum absolute atomic E-state index is 0.641. The van der Waals surface area contributed by atoms with Crippen LogP contribution in [0.1, 0.15) is 40.0 Å². The molecule has 4 aromatic rings. The van der Waals surface area contributed by atoms with E-state index in [1.165, 1.54) is 32.3 Å². The molecular formula is C25H30O3Si. The van der Waals surface area contributed by atoms with Gasteiger partial charge in [0.05, 0.1) is 0 Å². The fraction of sp³-hybridized carbons (Fsp3) is 0.360. The van der Waals surface area contributed by atoms with Gasteiger partial charge in [-0.05, 0) is 51.6 Å². The highest BCUT2D eigenvalue weighted by Crippen LogP contribution is 2.34. The molecule has 3 nitrogen and oxygen atoms in total. The Hall–Kier alpha value is -1.98. The summed E-state index contributed by atoms with van der Waals surface area (Å²) in [4.78, 5) is 0. The van der Waals surface area contributed by atoms with Gasteiger partial charge in [-0.1, -0.05) is 75.4 Å². The Morgan fingerprint density at radius 2 is 1.07 bits per heavy atom. The molecule has 152 valence electrons. The van der Waals surface area contributed by atoms with E-state index in [2.05, 4.69) is 75.4 Å². The zero-order valence-electron chi connectivity index (χ0n) is 17.7. The minimum Gasteiger partial charge on any atom is -0.370 e. The molecule has 0 spiro atoms. The molecule has 4 aromatic carbocycles. The Bertz CT molecular complexity index is 1050. The van der Waals surface area contributed by atoms with E-state index in [1.54, 1.807) is 0 Å². The van der Waals surface area contributed by atoms with Gasteiger partial charge in [0.2, 0.25) is 0 Å². The molecule has 0 saturated heterocycles. The highest BCUT2D eigenvalue weighted by Gasteiger charge is 2.45. The highest BCUT2D eigenvalue weighted by atomic mass is 28.4. The first-order chi connectivity index (χ1) is 14.2. The predicted octanol–water partition coefficient (Wildman–Crippen LogP) is 6.01. The number of hydrogen-bond acceptors (Lipinski definition) is 3. The predicted molar refractivity (Wildman–Crippen MR) is 124 cm³/mol. The first-order valence-electron chi connectivity index (χ1n) is 10.8. The summed E-state index contributed by atoms with van der Waals surface area (Å²) >= 11 is 0. The van der Waals surface area contributed by atoms with Gasteiger partial charge in [0.25, 0.3) is 0 Å². The van der Waals surface area contributed by atoms with Crippen molar-refractivity contribution in [1.82, 2.24) is 0 Å². The molecule has 0 radical (unpaired) electrons. The Kier molecular flexibility index (Phi) is 6.16. The summed E-state index contributed by atoms with van der Waals surface area (Å²) in [5.74, 6) is 0. The SMILES string of the molecule is CCCO[Si](OCCC)(OCCC)c1ccc2ccc3cccc4ccc1c2c34. The second-order valence-electron chi connectivity index (χ2n) is 7.57. The van der Waals surface area contributed by atoms with Crippen molar-refractivity contribution in [2.45, 2.75) is 40.0 Å². The van der Waals surface area contributed by atoms with Crippen molar-refractivity contribution in [1.29, 1.82) is 0 Å². The molecule has 0 saturated carbocycles. The monoisotopic (exact) mass is 406 g/mol. The van der Waals surface area contributed by atoms with Gasteiger partial charge in [-0.15, -0.1) is 0 Å². The van der Waals surface area contributed by atoms with Crippen molar-refractivity contribution < 1.29 is 13.3 Å². The second kappa shape index (κ2) is 8.80. The lowest BCUT2D eigenvalue weighted by Crippen LogP contribution is -2.57. The van der Waals surface area contributed by atoms with Crippen molar-refractivity contribution in [3.05, 3.63) is 54.6 Å². The zero-order chi connectivity index (χ0) is 20.3. The van der Waals surface area contributed by atoms with Gasteiger partial charge < -0.3 is 13.3 Å².